The molecule has 0 bridgehead atoms. The normalized spacial score (nSPS) is 11.5. The number of carbonyl (C=O) groups is 1. The maximum absolute atomic E-state index is 12.5. The minimum absolute atomic E-state index is 0.00253. The van der Waals surface area contributed by atoms with Crippen molar-refractivity contribution in [3.8, 4) is 0 Å². The number of hydrogen-bond donors (Lipinski definition) is 1. The largest absolute Gasteiger partial charge is 0.311 e. The predicted octanol–water partition coefficient (Wildman–Crippen LogP) is 1.73. The molecule has 0 spiro atoms. The first-order chi connectivity index (χ1) is 11.5. The van der Waals surface area contributed by atoms with E-state index >= 15 is 0 Å². The molecule has 0 saturated carbocycles. The van der Waals surface area contributed by atoms with Gasteiger partial charge in [0, 0.05) is 12.1 Å². The minimum Gasteiger partial charge on any atom is -0.311 e. The van der Waals surface area contributed by atoms with E-state index in [9.17, 15) is 13.2 Å². The van der Waals surface area contributed by atoms with Crippen molar-refractivity contribution in [2.24, 2.45) is 0 Å². The van der Waals surface area contributed by atoms with E-state index in [1.54, 1.807) is 37.3 Å². The van der Waals surface area contributed by atoms with E-state index in [2.05, 4.69) is 25.2 Å². The number of nitrogens with one attached hydrogen (secondary N) is 1. The summed E-state index contributed by atoms with van der Waals surface area (Å²) in [4.78, 5) is 16.1. The number of rotatable bonds is 5. The Morgan fingerprint density at radius 1 is 1.17 bits per heavy atom. The van der Waals surface area contributed by atoms with Crippen LogP contribution < -0.4 is 5.32 Å². The molecule has 0 fully saturated rings. The summed E-state index contributed by atoms with van der Waals surface area (Å²) >= 11 is 0. The number of amides is 1. The van der Waals surface area contributed by atoms with Crippen LogP contribution in [-0.4, -0.2) is 35.4 Å². The molecule has 124 valence electrons. The highest BCUT2D eigenvalue weighted by molar-refractivity contribution is 7.91. The smallest absolute Gasteiger partial charge is 0.226 e. The fraction of sp³-hybridized carbons (Fsp3) is 0.200. The SMILES string of the molecule is Cc1cccc(NC(=O)CCS(=O)(=O)c2cccc3nonc23)n1. The molecule has 0 saturated heterocycles. The van der Waals surface area contributed by atoms with Crippen LogP contribution in [0.15, 0.2) is 45.9 Å². The lowest BCUT2D eigenvalue weighted by Crippen LogP contribution is -2.18. The Kier molecular flexibility index (Phi) is 4.26. The molecule has 0 aliphatic heterocycles. The van der Waals surface area contributed by atoms with Gasteiger partial charge >= 0.3 is 0 Å². The van der Waals surface area contributed by atoms with Gasteiger partial charge in [-0.05, 0) is 41.5 Å². The van der Waals surface area contributed by atoms with Crippen LogP contribution in [0.5, 0.6) is 0 Å². The highest BCUT2D eigenvalue weighted by Gasteiger charge is 2.21. The number of aryl methyl sites for hydroxylation is 1. The highest BCUT2D eigenvalue weighted by atomic mass is 32.2. The zero-order valence-electron chi connectivity index (χ0n) is 12.8. The van der Waals surface area contributed by atoms with Gasteiger partial charge in [0.05, 0.1) is 10.6 Å². The van der Waals surface area contributed by atoms with Gasteiger partial charge in [0.25, 0.3) is 0 Å². The van der Waals surface area contributed by atoms with Crippen molar-refractivity contribution in [3.05, 3.63) is 42.1 Å². The molecule has 3 aromatic rings. The molecule has 0 atom stereocenters. The van der Waals surface area contributed by atoms with E-state index in [1.165, 1.54) is 6.07 Å². The number of anilines is 1. The van der Waals surface area contributed by atoms with Crippen LogP contribution >= 0.6 is 0 Å². The molecule has 3 rings (SSSR count). The number of carbonyl (C=O) groups excluding carboxylic acids is 1. The fourth-order valence-corrected chi connectivity index (χ4v) is 3.58. The average molecular weight is 346 g/mol. The lowest BCUT2D eigenvalue weighted by molar-refractivity contribution is -0.115. The van der Waals surface area contributed by atoms with Crippen molar-refractivity contribution in [1.29, 1.82) is 0 Å². The third-order valence-corrected chi connectivity index (χ3v) is 5.08. The first-order valence-corrected chi connectivity index (χ1v) is 8.78. The van der Waals surface area contributed by atoms with E-state index in [0.717, 1.165) is 5.69 Å². The van der Waals surface area contributed by atoms with E-state index < -0.39 is 15.7 Å². The van der Waals surface area contributed by atoms with Crippen LogP contribution in [0, 0.1) is 6.92 Å². The average Bonchev–Trinajstić information content (AvgIpc) is 3.01. The fourth-order valence-electron chi connectivity index (χ4n) is 2.19. The minimum atomic E-state index is -3.70. The van der Waals surface area contributed by atoms with Crippen molar-refractivity contribution in [1.82, 2.24) is 15.3 Å². The van der Waals surface area contributed by atoms with E-state index in [4.69, 9.17) is 0 Å². The molecule has 8 nitrogen and oxygen atoms in total. The number of pyridine rings is 1. The van der Waals surface area contributed by atoms with Crippen molar-refractivity contribution in [2.45, 2.75) is 18.2 Å². The summed E-state index contributed by atoms with van der Waals surface area (Å²) in [6.45, 7) is 1.80. The molecule has 2 heterocycles. The second-order valence-electron chi connectivity index (χ2n) is 5.17. The lowest BCUT2D eigenvalue weighted by atomic mass is 10.3. The van der Waals surface area contributed by atoms with Gasteiger partial charge in [0.15, 0.2) is 15.4 Å². The number of hydrogen-bond acceptors (Lipinski definition) is 7. The quantitative estimate of drug-likeness (QED) is 0.748. The first kappa shape index (κ1) is 16.1. The Hall–Kier alpha value is -2.81. The lowest BCUT2D eigenvalue weighted by Gasteiger charge is -2.06. The molecule has 9 heteroatoms. The second-order valence-corrected chi connectivity index (χ2v) is 7.25. The Labute approximate surface area is 137 Å². The third kappa shape index (κ3) is 3.40. The second kappa shape index (κ2) is 6.36. The van der Waals surface area contributed by atoms with Crippen LogP contribution in [0.25, 0.3) is 11.0 Å². The van der Waals surface area contributed by atoms with Gasteiger partial charge in [-0.25, -0.2) is 18.0 Å². The van der Waals surface area contributed by atoms with Crippen LogP contribution in [0.2, 0.25) is 0 Å². The summed E-state index contributed by atoms with van der Waals surface area (Å²) in [5, 5.41) is 9.81. The molecule has 2 aromatic heterocycles. The van der Waals surface area contributed by atoms with Crippen molar-refractivity contribution < 1.29 is 17.8 Å². The van der Waals surface area contributed by atoms with Crippen LogP contribution in [0.4, 0.5) is 5.82 Å². The molecule has 1 amide bonds. The van der Waals surface area contributed by atoms with Crippen LogP contribution in [0.3, 0.4) is 0 Å². The summed E-state index contributed by atoms with van der Waals surface area (Å²) in [7, 11) is -3.70. The van der Waals surface area contributed by atoms with E-state index in [1.807, 2.05) is 0 Å². The summed E-state index contributed by atoms with van der Waals surface area (Å²) in [6.07, 6.45) is -0.195. The Morgan fingerprint density at radius 3 is 2.75 bits per heavy atom. The van der Waals surface area contributed by atoms with Gasteiger partial charge in [-0.2, -0.15) is 0 Å². The van der Waals surface area contributed by atoms with Crippen molar-refractivity contribution in [2.75, 3.05) is 11.1 Å². The monoisotopic (exact) mass is 346 g/mol. The maximum atomic E-state index is 12.5. The van der Waals surface area contributed by atoms with Gasteiger partial charge in [-0.15, -0.1) is 0 Å². The summed E-state index contributed by atoms with van der Waals surface area (Å²) in [5.41, 5.74) is 1.27. The summed E-state index contributed by atoms with van der Waals surface area (Å²) < 4.78 is 29.5. The number of aromatic nitrogens is 3. The first-order valence-electron chi connectivity index (χ1n) is 7.13. The number of nitrogens with zero attached hydrogens (tertiary/aromatic N) is 3. The van der Waals surface area contributed by atoms with Crippen LogP contribution in [-0.2, 0) is 14.6 Å². The van der Waals surface area contributed by atoms with Crippen molar-refractivity contribution in [3.63, 3.8) is 0 Å². The Bertz CT molecular complexity index is 997. The van der Waals surface area contributed by atoms with Crippen molar-refractivity contribution >= 4 is 32.6 Å². The van der Waals surface area contributed by atoms with Gasteiger partial charge < -0.3 is 5.32 Å². The summed E-state index contributed by atoms with van der Waals surface area (Å²) in [6, 6.07) is 9.76. The Balaban J connectivity index is 1.71. The zero-order chi connectivity index (χ0) is 17.2. The molecule has 0 unspecified atom stereocenters. The number of fused-ring (bicyclic) bond motifs is 1. The standard InChI is InChI=1S/C15H14N4O4S/c1-10-4-2-7-13(16-10)17-14(20)8-9-24(21,22)12-6-3-5-11-15(12)19-23-18-11/h2-7H,8-9H2,1H3,(H,16,17,20). The van der Waals surface area contributed by atoms with Crippen LogP contribution in [0.1, 0.15) is 12.1 Å². The van der Waals surface area contributed by atoms with Gasteiger partial charge in [0.2, 0.25) is 5.91 Å². The molecule has 0 aliphatic rings. The molecule has 1 aromatic carbocycles. The molecule has 0 aliphatic carbocycles. The molecule has 1 N–H and O–H groups in total. The van der Waals surface area contributed by atoms with Gasteiger partial charge in [-0.3, -0.25) is 4.79 Å². The topological polar surface area (TPSA) is 115 Å². The highest BCUT2D eigenvalue weighted by Crippen LogP contribution is 2.21. The zero-order valence-corrected chi connectivity index (χ0v) is 13.6. The molecule has 24 heavy (non-hydrogen) atoms. The third-order valence-electron chi connectivity index (χ3n) is 3.34. The number of sulfone groups is 1. The molecular formula is C15H14N4O4S. The van der Waals surface area contributed by atoms with Gasteiger partial charge in [0.1, 0.15) is 11.3 Å². The Morgan fingerprint density at radius 2 is 1.96 bits per heavy atom. The maximum Gasteiger partial charge on any atom is 0.226 e. The van der Waals surface area contributed by atoms with E-state index in [0.29, 0.717) is 11.3 Å². The predicted molar refractivity (Wildman–Crippen MR) is 86.1 cm³/mol. The molecule has 0 radical (unpaired) electrons. The number of benzene rings is 1. The van der Waals surface area contributed by atoms with Gasteiger partial charge in [-0.1, -0.05) is 12.1 Å². The van der Waals surface area contributed by atoms with E-state index in [-0.39, 0.29) is 22.6 Å². The summed E-state index contributed by atoms with van der Waals surface area (Å²) in [5.74, 6) is -0.390. The molecular weight excluding hydrogens is 332 g/mol.